The maximum atomic E-state index is 4.12. The molecular formula is C5H5NS4. The predicted molar refractivity (Wildman–Crippen MR) is 55.6 cm³/mol. The zero-order valence-corrected chi connectivity index (χ0v) is 8.34. The fourth-order valence-corrected chi connectivity index (χ4v) is 5.11. The summed E-state index contributed by atoms with van der Waals surface area (Å²) in [4.78, 5) is 0. The average Bonchev–Trinajstić information content (AvgIpc) is 2.05. The van der Waals surface area contributed by atoms with Crippen LogP contribution in [0, 0.1) is 0 Å². The summed E-state index contributed by atoms with van der Waals surface area (Å²) >= 11 is 7.26. The Bertz CT molecular complexity index is 178. The van der Waals surface area contributed by atoms with Crippen LogP contribution in [0.2, 0.25) is 0 Å². The van der Waals surface area contributed by atoms with E-state index in [1.807, 2.05) is 29.1 Å². The molecule has 2 aliphatic heterocycles. The van der Waals surface area contributed by atoms with E-state index >= 15 is 0 Å². The van der Waals surface area contributed by atoms with E-state index in [2.05, 4.69) is 4.40 Å². The summed E-state index contributed by atoms with van der Waals surface area (Å²) in [5.41, 5.74) is 1.92. The second-order valence-corrected chi connectivity index (χ2v) is 6.08. The van der Waals surface area contributed by atoms with Crippen LogP contribution < -0.4 is 0 Å². The number of hydrogen-bond donors (Lipinski definition) is 0. The highest BCUT2D eigenvalue weighted by Gasteiger charge is 2.16. The van der Waals surface area contributed by atoms with Crippen molar-refractivity contribution in [1.82, 2.24) is 0 Å². The second kappa shape index (κ2) is 3.47. The maximum Gasteiger partial charge on any atom is 0.0838 e. The van der Waals surface area contributed by atoms with E-state index in [0.29, 0.717) is 0 Å². The van der Waals surface area contributed by atoms with E-state index < -0.39 is 0 Å². The van der Waals surface area contributed by atoms with Crippen LogP contribution in [-0.2, 0) is 0 Å². The van der Waals surface area contributed by atoms with Crippen LogP contribution in [0.25, 0.3) is 0 Å². The first kappa shape index (κ1) is 7.46. The molecule has 0 saturated carbocycles. The van der Waals surface area contributed by atoms with Gasteiger partial charge in [0.1, 0.15) is 0 Å². The number of rotatable bonds is 0. The van der Waals surface area contributed by atoms with Crippen molar-refractivity contribution >= 4 is 52.8 Å². The Morgan fingerprint density at radius 2 is 2.00 bits per heavy atom. The Kier molecular flexibility index (Phi) is 2.59. The molecule has 0 fully saturated rings. The third kappa shape index (κ3) is 1.52. The quantitative estimate of drug-likeness (QED) is 0.566. The smallest absolute Gasteiger partial charge is 0.0838 e. The maximum absolute atomic E-state index is 4.12. The van der Waals surface area contributed by atoms with Gasteiger partial charge in [0.25, 0.3) is 0 Å². The van der Waals surface area contributed by atoms with Gasteiger partial charge < -0.3 is 0 Å². The van der Waals surface area contributed by atoms with Gasteiger partial charge in [-0.25, -0.2) is 4.40 Å². The minimum absolute atomic E-state index is 1.24. The number of nitrogens with zero attached hydrogens (tertiary/aromatic N) is 1. The summed E-state index contributed by atoms with van der Waals surface area (Å²) in [6, 6.07) is 0. The van der Waals surface area contributed by atoms with Gasteiger partial charge in [0.05, 0.1) is 14.0 Å². The fraction of sp³-hybridized carbons (Fsp3) is 0.400. The van der Waals surface area contributed by atoms with Gasteiger partial charge in [0, 0.05) is 23.5 Å². The fourth-order valence-electron chi connectivity index (χ4n) is 0.671. The molecule has 54 valence electrons. The van der Waals surface area contributed by atoms with E-state index in [-0.39, 0.29) is 0 Å². The highest BCUT2D eigenvalue weighted by molar-refractivity contribution is 8.34. The average molecular weight is 207 g/mol. The van der Waals surface area contributed by atoms with Gasteiger partial charge in [-0.1, -0.05) is 11.8 Å². The van der Waals surface area contributed by atoms with Crippen LogP contribution in [0.3, 0.4) is 0 Å². The van der Waals surface area contributed by atoms with Gasteiger partial charge in [-0.15, -0.1) is 23.5 Å². The summed E-state index contributed by atoms with van der Waals surface area (Å²) in [5, 5.41) is 0. The van der Waals surface area contributed by atoms with E-state index in [0.717, 1.165) is 0 Å². The first-order valence-electron chi connectivity index (χ1n) is 2.82. The van der Waals surface area contributed by atoms with E-state index in [9.17, 15) is 0 Å². The molecule has 0 spiro atoms. The van der Waals surface area contributed by atoms with Gasteiger partial charge in [-0.3, -0.25) is 0 Å². The van der Waals surface area contributed by atoms with Crippen LogP contribution >= 0.6 is 47.2 Å². The largest absolute Gasteiger partial charge is 0.212 e. The topological polar surface area (TPSA) is 12.4 Å². The Labute approximate surface area is 77.0 Å². The minimum Gasteiger partial charge on any atom is -0.212 e. The van der Waals surface area contributed by atoms with Crippen molar-refractivity contribution in [3.8, 4) is 0 Å². The third-order valence-electron chi connectivity index (χ3n) is 1.05. The van der Waals surface area contributed by atoms with Crippen LogP contribution in [-0.4, -0.2) is 17.1 Å². The first-order valence-corrected chi connectivity index (χ1v) is 6.44. The molecule has 1 nitrogen and oxygen atoms in total. The molecule has 2 rings (SSSR count). The predicted octanol–water partition coefficient (Wildman–Crippen LogP) is 3.02. The lowest BCUT2D eigenvalue weighted by Crippen LogP contribution is -1.94. The molecular weight excluding hydrogens is 202 g/mol. The molecule has 2 aliphatic rings. The van der Waals surface area contributed by atoms with Crippen molar-refractivity contribution in [2.24, 2.45) is 4.40 Å². The summed E-state index contributed by atoms with van der Waals surface area (Å²) in [6.07, 6.45) is 0. The summed E-state index contributed by atoms with van der Waals surface area (Å²) in [5.74, 6) is 2.50. The second-order valence-electron chi connectivity index (χ2n) is 1.69. The monoisotopic (exact) mass is 207 g/mol. The van der Waals surface area contributed by atoms with Crippen molar-refractivity contribution < 1.29 is 0 Å². The third-order valence-corrected chi connectivity index (χ3v) is 6.14. The SMILES string of the molecule is C1=NSC2=C(S1)SCCS2. The molecule has 0 aromatic heterocycles. The Balaban J connectivity index is 2.17. The highest BCUT2D eigenvalue weighted by atomic mass is 32.2. The molecule has 5 heteroatoms. The van der Waals surface area contributed by atoms with Crippen LogP contribution in [0.1, 0.15) is 0 Å². The molecule has 10 heavy (non-hydrogen) atoms. The van der Waals surface area contributed by atoms with Crippen molar-refractivity contribution in [2.45, 2.75) is 0 Å². The Morgan fingerprint density at radius 1 is 1.20 bits per heavy atom. The van der Waals surface area contributed by atoms with E-state index in [1.165, 1.54) is 20.0 Å². The molecule has 0 unspecified atom stereocenters. The molecule has 0 radical (unpaired) electrons. The van der Waals surface area contributed by atoms with Gasteiger partial charge >= 0.3 is 0 Å². The van der Waals surface area contributed by atoms with E-state index in [1.54, 1.807) is 23.7 Å². The summed E-state index contributed by atoms with van der Waals surface area (Å²) in [6.45, 7) is 0. The van der Waals surface area contributed by atoms with Crippen LogP contribution in [0.15, 0.2) is 12.9 Å². The van der Waals surface area contributed by atoms with Gasteiger partial charge in [-0.05, 0) is 0 Å². The van der Waals surface area contributed by atoms with E-state index in [4.69, 9.17) is 0 Å². The van der Waals surface area contributed by atoms with Gasteiger partial charge in [0.2, 0.25) is 0 Å². The molecule has 0 aliphatic carbocycles. The molecule has 0 amide bonds. The normalized spacial score (nSPS) is 24.8. The Morgan fingerprint density at radius 3 is 2.80 bits per heavy atom. The molecule has 0 saturated heterocycles. The van der Waals surface area contributed by atoms with Crippen molar-refractivity contribution in [3.05, 3.63) is 8.47 Å². The van der Waals surface area contributed by atoms with Crippen molar-refractivity contribution in [3.63, 3.8) is 0 Å². The molecule has 0 aromatic rings. The molecule has 0 N–H and O–H groups in total. The van der Waals surface area contributed by atoms with Crippen molar-refractivity contribution in [1.29, 1.82) is 0 Å². The first-order chi connectivity index (χ1) is 4.97. The molecule has 0 aromatic carbocycles. The van der Waals surface area contributed by atoms with Crippen molar-refractivity contribution in [2.75, 3.05) is 11.5 Å². The zero-order chi connectivity index (χ0) is 6.81. The Hall–Kier alpha value is 0.810. The number of thioether (sulfide) groups is 3. The number of hydrogen-bond acceptors (Lipinski definition) is 5. The standard InChI is InChI=1S/C5H5NS4/c1-2-8-5-4(7-1)9-3-6-10-5/h3H,1-2H2. The molecule has 0 bridgehead atoms. The van der Waals surface area contributed by atoms with Gasteiger partial charge in [0.15, 0.2) is 0 Å². The summed E-state index contributed by atoms with van der Waals surface area (Å²) < 4.78 is 6.99. The zero-order valence-electron chi connectivity index (χ0n) is 5.07. The molecule has 2 heterocycles. The lowest BCUT2D eigenvalue weighted by Gasteiger charge is -2.17. The minimum atomic E-state index is 1.24. The van der Waals surface area contributed by atoms with Crippen LogP contribution in [0.4, 0.5) is 0 Å². The molecule has 0 atom stereocenters. The summed E-state index contributed by atoms with van der Waals surface area (Å²) in [7, 11) is 0. The lowest BCUT2D eigenvalue weighted by atomic mass is 11.0. The van der Waals surface area contributed by atoms with Gasteiger partial charge in [-0.2, -0.15) is 0 Å². The van der Waals surface area contributed by atoms with Crippen LogP contribution in [0.5, 0.6) is 0 Å². The lowest BCUT2D eigenvalue weighted by molar-refractivity contribution is 1.56. The highest BCUT2D eigenvalue weighted by Crippen LogP contribution is 2.48.